The molecule has 158 valence electrons. The van der Waals surface area contributed by atoms with Gasteiger partial charge in [-0.2, -0.15) is 0 Å². The zero-order chi connectivity index (χ0) is 21.8. The van der Waals surface area contributed by atoms with Crippen LogP contribution in [0.5, 0.6) is 17.2 Å². The number of carbonyl (C=O) groups is 1. The molecule has 3 aromatic rings. The van der Waals surface area contributed by atoms with Crippen LogP contribution in [-0.4, -0.2) is 47.7 Å². The van der Waals surface area contributed by atoms with Gasteiger partial charge in [0.15, 0.2) is 34.7 Å². The van der Waals surface area contributed by atoms with Crippen molar-refractivity contribution in [2.24, 2.45) is 0 Å². The number of halogens is 2. The van der Waals surface area contributed by atoms with E-state index in [1.54, 1.807) is 12.1 Å². The van der Waals surface area contributed by atoms with Gasteiger partial charge in [0.05, 0.1) is 27.1 Å². The molecule has 0 bridgehead atoms. The Morgan fingerprint density at radius 1 is 1.03 bits per heavy atom. The molecule has 3 rings (SSSR count). The van der Waals surface area contributed by atoms with Crippen LogP contribution in [0.4, 0.5) is 8.78 Å². The maximum atomic E-state index is 13.3. The number of hydrogen-bond donors (Lipinski definition) is 1. The van der Waals surface area contributed by atoms with E-state index in [0.717, 1.165) is 23.9 Å². The van der Waals surface area contributed by atoms with Crippen molar-refractivity contribution in [1.82, 2.24) is 14.9 Å². The van der Waals surface area contributed by atoms with Crippen LogP contribution in [0.15, 0.2) is 35.5 Å². The fourth-order valence-corrected chi connectivity index (χ4v) is 3.42. The Kier molecular flexibility index (Phi) is 6.40. The molecule has 0 saturated heterocycles. The van der Waals surface area contributed by atoms with Gasteiger partial charge in [-0.05, 0) is 30.3 Å². The van der Waals surface area contributed by atoms with Crippen LogP contribution in [-0.2, 0) is 0 Å². The van der Waals surface area contributed by atoms with Gasteiger partial charge >= 0.3 is 0 Å². The Morgan fingerprint density at radius 2 is 1.70 bits per heavy atom. The lowest BCUT2D eigenvalue weighted by molar-refractivity contribution is 0.102. The minimum Gasteiger partial charge on any atom is -0.493 e. The Labute approximate surface area is 174 Å². The van der Waals surface area contributed by atoms with Gasteiger partial charge in [-0.15, -0.1) is 10.2 Å². The Bertz CT molecular complexity index is 1070. The van der Waals surface area contributed by atoms with Crippen LogP contribution in [0.3, 0.4) is 0 Å². The van der Waals surface area contributed by atoms with Crippen molar-refractivity contribution in [3.05, 3.63) is 47.5 Å². The first-order valence-electron chi connectivity index (χ1n) is 8.51. The van der Waals surface area contributed by atoms with Crippen molar-refractivity contribution in [2.75, 3.05) is 32.9 Å². The largest absolute Gasteiger partial charge is 0.493 e. The summed E-state index contributed by atoms with van der Waals surface area (Å²) in [5.74, 6) is 5.04. The molecule has 2 aromatic carbocycles. The van der Waals surface area contributed by atoms with E-state index in [1.807, 2.05) is 0 Å². The number of nitrogens with zero attached hydrogens (tertiary/aromatic N) is 3. The van der Waals surface area contributed by atoms with Crippen molar-refractivity contribution in [2.45, 2.75) is 5.16 Å². The molecule has 0 aliphatic heterocycles. The van der Waals surface area contributed by atoms with Gasteiger partial charge in [0, 0.05) is 11.1 Å². The lowest BCUT2D eigenvalue weighted by Crippen LogP contribution is -2.13. The first-order valence-corrected chi connectivity index (χ1v) is 9.50. The molecule has 0 radical (unpaired) electrons. The number of Topliss-reactive ketones (excluding diaryl/α,β-unsaturated/α-hetero) is 1. The van der Waals surface area contributed by atoms with Crippen molar-refractivity contribution in [3.63, 3.8) is 0 Å². The van der Waals surface area contributed by atoms with Crippen LogP contribution < -0.4 is 20.1 Å². The fourth-order valence-electron chi connectivity index (χ4n) is 2.67. The zero-order valence-corrected chi connectivity index (χ0v) is 17.1. The summed E-state index contributed by atoms with van der Waals surface area (Å²) >= 11 is 1.01. The highest BCUT2D eigenvalue weighted by Gasteiger charge is 2.19. The smallest absolute Gasteiger partial charge is 0.210 e. The number of nitrogens with two attached hydrogens (primary N) is 1. The van der Waals surface area contributed by atoms with Gasteiger partial charge < -0.3 is 20.1 Å². The van der Waals surface area contributed by atoms with Crippen molar-refractivity contribution >= 4 is 17.5 Å². The first kappa shape index (κ1) is 21.4. The standard InChI is InChI=1S/C19H18F2N4O4S/c1-27-15-7-11(8-16(28-2)17(15)29-3)18-23-24-19(25(18)22)30-9-14(26)10-4-5-12(20)13(21)6-10/h4-8H,9,22H2,1-3H3. The van der Waals surface area contributed by atoms with Crippen LogP contribution in [0, 0.1) is 11.6 Å². The van der Waals surface area contributed by atoms with Crippen molar-refractivity contribution in [1.29, 1.82) is 0 Å². The summed E-state index contributed by atoms with van der Waals surface area (Å²) in [5, 5.41) is 8.32. The average Bonchev–Trinajstić information content (AvgIpc) is 3.12. The van der Waals surface area contributed by atoms with Crippen molar-refractivity contribution in [3.8, 4) is 28.6 Å². The summed E-state index contributed by atoms with van der Waals surface area (Å²) in [4.78, 5) is 12.3. The average molecular weight is 436 g/mol. The summed E-state index contributed by atoms with van der Waals surface area (Å²) in [6.45, 7) is 0. The summed E-state index contributed by atoms with van der Waals surface area (Å²) < 4.78 is 43.5. The topological polar surface area (TPSA) is 101 Å². The third-order valence-electron chi connectivity index (χ3n) is 4.16. The van der Waals surface area contributed by atoms with Gasteiger partial charge in [0.25, 0.3) is 0 Å². The third kappa shape index (κ3) is 4.15. The van der Waals surface area contributed by atoms with Gasteiger partial charge in [0.2, 0.25) is 10.9 Å². The Balaban J connectivity index is 1.82. The first-order chi connectivity index (χ1) is 14.4. The van der Waals surface area contributed by atoms with Gasteiger partial charge in [-0.25, -0.2) is 13.5 Å². The number of thioether (sulfide) groups is 1. The van der Waals surface area contributed by atoms with E-state index < -0.39 is 17.4 Å². The minimum absolute atomic E-state index is 0.0503. The number of benzene rings is 2. The molecule has 0 unspecified atom stereocenters. The van der Waals surface area contributed by atoms with Gasteiger partial charge in [-0.1, -0.05) is 11.8 Å². The Morgan fingerprint density at radius 3 is 2.27 bits per heavy atom. The molecular formula is C19H18F2N4O4S. The quantitative estimate of drug-likeness (QED) is 0.327. The number of aromatic nitrogens is 3. The molecule has 0 saturated carbocycles. The van der Waals surface area contributed by atoms with Gasteiger partial charge in [-0.3, -0.25) is 4.79 Å². The number of ketones is 1. The number of carbonyl (C=O) groups excluding carboxylic acids is 1. The van der Waals surface area contributed by atoms with E-state index in [9.17, 15) is 13.6 Å². The molecule has 0 atom stereocenters. The highest BCUT2D eigenvalue weighted by molar-refractivity contribution is 7.99. The fraction of sp³-hybridized carbons (Fsp3) is 0.211. The van der Waals surface area contributed by atoms with E-state index in [-0.39, 0.29) is 16.5 Å². The molecule has 11 heteroatoms. The molecule has 0 aliphatic carbocycles. The second kappa shape index (κ2) is 8.99. The number of hydrogen-bond acceptors (Lipinski definition) is 8. The van der Waals surface area contributed by atoms with E-state index >= 15 is 0 Å². The zero-order valence-electron chi connectivity index (χ0n) is 16.3. The van der Waals surface area contributed by atoms with Crippen LogP contribution in [0.25, 0.3) is 11.4 Å². The van der Waals surface area contributed by atoms with E-state index in [2.05, 4.69) is 10.2 Å². The molecule has 2 N–H and O–H groups in total. The van der Waals surface area contributed by atoms with Crippen LogP contribution in [0.1, 0.15) is 10.4 Å². The summed E-state index contributed by atoms with van der Waals surface area (Å²) in [7, 11) is 4.46. The Hall–Kier alpha value is -3.34. The third-order valence-corrected chi connectivity index (χ3v) is 5.10. The molecular weight excluding hydrogens is 418 g/mol. The SMILES string of the molecule is COc1cc(-c2nnc(SCC(=O)c3ccc(F)c(F)c3)n2N)cc(OC)c1OC. The molecule has 8 nitrogen and oxygen atoms in total. The maximum absolute atomic E-state index is 13.3. The number of ether oxygens (including phenoxy) is 3. The van der Waals surface area contributed by atoms with Crippen LogP contribution >= 0.6 is 11.8 Å². The molecule has 1 aromatic heterocycles. The van der Waals surface area contributed by atoms with Crippen LogP contribution in [0.2, 0.25) is 0 Å². The van der Waals surface area contributed by atoms with E-state index in [0.29, 0.717) is 28.6 Å². The predicted molar refractivity (Wildman–Crippen MR) is 107 cm³/mol. The second-order valence-electron chi connectivity index (χ2n) is 5.93. The number of rotatable bonds is 8. The summed E-state index contributed by atoms with van der Waals surface area (Å²) in [6, 6.07) is 6.30. The lowest BCUT2D eigenvalue weighted by atomic mass is 10.1. The monoisotopic (exact) mass is 436 g/mol. The highest BCUT2D eigenvalue weighted by Crippen LogP contribution is 2.40. The molecule has 0 fully saturated rings. The highest BCUT2D eigenvalue weighted by atomic mass is 32.2. The maximum Gasteiger partial charge on any atom is 0.210 e. The minimum atomic E-state index is -1.09. The molecule has 0 spiro atoms. The van der Waals surface area contributed by atoms with Crippen molar-refractivity contribution < 1.29 is 27.8 Å². The molecule has 0 aliphatic rings. The van der Waals surface area contributed by atoms with E-state index in [4.69, 9.17) is 20.1 Å². The number of methoxy groups -OCH3 is 3. The van der Waals surface area contributed by atoms with E-state index in [1.165, 1.54) is 32.1 Å². The molecule has 30 heavy (non-hydrogen) atoms. The second-order valence-corrected chi connectivity index (χ2v) is 6.87. The molecule has 1 heterocycles. The normalized spacial score (nSPS) is 10.7. The van der Waals surface area contributed by atoms with Gasteiger partial charge in [0.1, 0.15) is 0 Å². The number of nitrogen functional groups attached to an aromatic ring is 1. The lowest BCUT2D eigenvalue weighted by Gasteiger charge is -2.13. The summed E-state index contributed by atoms with van der Waals surface area (Å²) in [6.07, 6.45) is 0. The molecule has 0 amide bonds. The predicted octanol–water partition coefficient (Wildman–Crippen LogP) is 2.94. The summed E-state index contributed by atoms with van der Waals surface area (Å²) in [5.41, 5.74) is 0.604.